The van der Waals surface area contributed by atoms with E-state index in [2.05, 4.69) is 0 Å². The van der Waals surface area contributed by atoms with Crippen molar-refractivity contribution < 1.29 is 9.47 Å². The topological polar surface area (TPSA) is 25.1 Å². The lowest BCUT2D eigenvalue weighted by atomic mass is 9.81. The van der Waals surface area contributed by atoms with Crippen LogP contribution in [0.25, 0.3) is 0 Å². The molecular weight excluding hydrogens is 200 g/mol. The minimum Gasteiger partial charge on any atom is -0.367 e. The van der Waals surface area contributed by atoms with E-state index in [9.17, 15) is 0 Å². The van der Waals surface area contributed by atoms with Gasteiger partial charge in [0.25, 0.3) is 0 Å². The fourth-order valence-electron chi connectivity index (χ4n) is 4.17. The van der Waals surface area contributed by atoms with Gasteiger partial charge >= 0.3 is 0 Å². The van der Waals surface area contributed by atoms with E-state index in [1.165, 1.54) is 51.4 Å². The predicted molar refractivity (Wildman–Crippen MR) is 61.2 cm³/mol. The molecule has 0 aromatic heterocycles. The van der Waals surface area contributed by atoms with E-state index in [-0.39, 0.29) is 0 Å². The molecular formula is C14H22O2. The summed E-state index contributed by atoms with van der Waals surface area (Å²) in [4.78, 5) is 0. The normalized spacial score (nSPS) is 55.5. The summed E-state index contributed by atoms with van der Waals surface area (Å²) in [5.74, 6) is 1.78. The first-order valence-electron chi connectivity index (χ1n) is 7.24. The van der Waals surface area contributed by atoms with Gasteiger partial charge in [0.05, 0.1) is 12.2 Å². The third-order valence-corrected chi connectivity index (χ3v) is 5.18. The van der Waals surface area contributed by atoms with Crippen molar-refractivity contribution in [1.82, 2.24) is 0 Å². The standard InChI is InChI=1S/C14H22O2/c1-2-4-6-9-8-11-13(15-11)14-12(16-14)10(9)7-5-3-1/h9-14H,1-8H2. The van der Waals surface area contributed by atoms with E-state index in [1.54, 1.807) is 0 Å². The molecule has 0 aromatic rings. The summed E-state index contributed by atoms with van der Waals surface area (Å²) in [6, 6.07) is 0. The third-order valence-electron chi connectivity index (χ3n) is 5.18. The fraction of sp³-hybridized carbons (Fsp3) is 1.00. The van der Waals surface area contributed by atoms with Crippen molar-refractivity contribution in [2.24, 2.45) is 11.8 Å². The Morgan fingerprint density at radius 1 is 0.688 bits per heavy atom. The molecule has 0 N–H and O–H groups in total. The van der Waals surface area contributed by atoms with Gasteiger partial charge in [-0.05, 0) is 31.1 Å². The highest BCUT2D eigenvalue weighted by molar-refractivity contribution is 5.09. The van der Waals surface area contributed by atoms with Crippen LogP contribution in [0.5, 0.6) is 0 Å². The molecule has 2 saturated heterocycles. The van der Waals surface area contributed by atoms with Crippen LogP contribution < -0.4 is 0 Å². The number of hydrogen-bond donors (Lipinski definition) is 0. The van der Waals surface area contributed by atoms with E-state index < -0.39 is 0 Å². The van der Waals surface area contributed by atoms with Crippen molar-refractivity contribution in [2.45, 2.75) is 75.8 Å². The Balaban J connectivity index is 1.52. The van der Waals surface area contributed by atoms with E-state index in [4.69, 9.17) is 9.47 Å². The number of hydrogen-bond acceptors (Lipinski definition) is 2. The lowest BCUT2D eigenvalue weighted by molar-refractivity contribution is 0.198. The first kappa shape index (κ1) is 9.90. The Kier molecular flexibility index (Phi) is 2.29. The van der Waals surface area contributed by atoms with Gasteiger partial charge < -0.3 is 9.47 Å². The molecule has 4 rings (SSSR count). The molecule has 0 bridgehead atoms. The van der Waals surface area contributed by atoms with E-state index >= 15 is 0 Å². The Hall–Kier alpha value is -0.0800. The molecule has 0 spiro atoms. The van der Waals surface area contributed by atoms with Crippen molar-refractivity contribution in [3.05, 3.63) is 0 Å². The van der Waals surface area contributed by atoms with E-state index in [1.807, 2.05) is 0 Å². The summed E-state index contributed by atoms with van der Waals surface area (Å²) < 4.78 is 11.6. The lowest BCUT2D eigenvalue weighted by Gasteiger charge is -2.24. The fourth-order valence-corrected chi connectivity index (χ4v) is 4.17. The molecule has 2 heteroatoms. The molecule has 0 amide bonds. The van der Waals surface area contributed by atoms with Gasteiger partial charge in [-0.25, -0.2) is 0 Å². The van der Waals surface area contributed by atoms with Crippen molar-refractivity contribution in [1.29, 1.82) is 0 Å². The number of ether oxygens (including phenoxy) is 2. The first-order valence-corrected chi connectivity index (χ1v) is 7.24. The third kappa shape index (κ3) is 1.62. The molecule has 2 aliphatic heterocycles. The smallest absolute Gasteiger partial charge is 0.113 e. The molecule has 16 heavy (non-hydrogen) atoms. The number of fused-ring (bicyclic) bond motifs is 5. The largest absolute Gasteiger partial charge is 0.367 e. The second-order valence-electron chi connectivity index (χ2n) is 6.21. The summed E-state index contributed by atoms with van der Waals surface area (Å²) in [5.41, 5.74) is 0. The van der Waals surface area contributed by atoms with Crippen LogP contribution >= 0.6 is 0 Å². The van der Waals surface area contributed by atoms with Crippen LogP contribution in [0.1, 0.15) is 51.4 Å². The summed E-state index contributed by atoms with van der Waals surface area (Å²) in [6.07, 6.45) is 13.6. The molecule has 0 radical (unpaired) electrons. The van der Waals surface area contributed by atoms with E-state index in [0.717, 1.165) is 11.8 Å². The molecule has 4 aliphatic rings. The van der Waals surface area contributed by atoms with Crippen molar-refractivity contribution in [2.75, 3.05) is 0 Å². The van der Waals surface area contributed by atoms with Crippen LogP contribution in [-0.4, -0.2) is 24.4 Å². The van der Waals surface area contributed by atoms with Crippen molar-refractivity contribution in [3.8, 4) is 0 Å². The van der Waals surface area contributed by atoms with Crippen LogP contribution in [0.2, 0.25) is 0 Å². The highest BCUT2D eigenvalue weighted by atomic mass is 16.7. The molecule has 2 heterocycles. The number of epoxide rings is 2. The molecule has 6 unspecified atom stereocenters. The quantitative estimate of drug-likeness (QED) is 0.589. The van der Waals surface area contributed by atoms with Crippen LogP contribution in [0.15, 0.2) is 0 Å². The first-order chi connectivity index (χ1) is 7.93. The average Bonchev–Trinajstić information content (AvgIpc) is 3.11. The molecule has 2 aliphatic carbocycles. The van der Waals surface area contributed by atoms with Gasteiger partial charge in [0.1, 0.15) is 12.2 Å². The SMILES string of the molecule is C1CCCC2CC3OC3C3OC3C2CCC1. The molecule has 6 atom stereocenters. The highest BCUT2D eigenvalue weighted by Crippen LogP contribution is 2.53. The maximum atomic E-state index is 5.89. The van der Waals surface area contributed by atoms with Gasteiger partial charge in [0, 0.05) is 0 Å². The average molecular weight is 222 g/mol. The maximum absolute atomic E-state index is 5.89. The Labute approximate surface area is 97.7 Å². The van der Waals surface area contributed by atoms with Crippen LogP contribution in [0.4, 0.5) is 0 Å². The van der Waals surface area contributed by atoms with Crippen LogP contribution in [-0.2, 0) is 9.47 Å². The van der Waals surface area contributed by atoms with Gasteiger partial charge in [-0.1, -0.05) is 32.1 Å². The molecule has 4 fully saturated rings. The Morgan fingerprint density at radius 2 is 1.50 bits per heavy atom. The second kappa shape index (κ2) is 3.71. The van der Waals surface area contributed by atoms with Gasteiger partial charge in [-0.3, -0.25) is 0 Å². The Bertz CT molecular complexity index is 278. The zero-order valence-corrected chi connectivity index (χ0v) is 9.94. The van der Waals surface area contributed by atoms with Gasteiger partial charge in [0.2, 0.25) is 0 Å². The van der Waals surface area contributed by atoms with Gasteiger partial charge in [0.15, 0.2) is 0 Å². The summed E-state index contributed by atoms with van der Waals surface area (Å²) in [6.45, 7) is 0. The molecule has 0 aromatic carbocycles. The van der Waals surface area contributed by atoms with E-state index in [0.29, 0.717) is 24.4 Å². The monoisotopic (exact) mass is 222 g/mol. The highest BCUT2D eigenvalue weighted by Gasteiger charge is 2.63. The zero-order valence-electron chi connectivity index (χ0n) is 9.94. The Morgan fingerprint density at radius 3 is 2.44 bits per heavy atom. The zero-order chi connectivity index (χ0) is 10.5. The summed E-state index contributed by atoms with van der Waals surface area (Å²) in [5, 5.41) is 0. The second-order valence-corrected chi connectivity index (χ2v) is 6.21. The van der Waals surface area contributed by atoms with Crippen molar-refractivity contribution >= 4 is 0 Å². The molecule has 2 saturated carbocycles. The molecule has 90 valence electrons. The predicted octanol–water partition coefficient (Wildman–Crippen LogP) is 2.90. The van der Waals surface area contributed by atoms with Crippen LogP contribution in [0.3, 0.4) is 0 Å². The van der Waals surface area contributed by atoms with Crippen LogP contribution in [0, 0.1) is 11.8 Å². The maximum Gasteiger partial charge on any atom is 0.113 e. The lowest BCUT2D eigenvalue weighted by Crippen LogP contribution is -2.21. The number of rotatable bonds is 0. The molecule has 2 nitrogen and oxygen atoms in total. The summed E-state index contributed by atoms with van der Waals surface area (Å²) >= 11 is 0. The van der Waals surface area contributed by atoms with Gasteiger partial charge in [-0.2, -0.15) is 0 Å². The van der Waals surface area contributed by atoms with Gasteiger partial charge in [-0.15, -0.1) is 0 Å². The minimum atomic E-state index is 0.500. The summed E-state index contributed by atoms with van der Waals surface area (Å²) in [7, 11) is 0. The van der Waals surface area contributed by atoms with Crippen molar-refractivity contribution in [3.63, 3.8) is 0 Å². The minimum absolute atomic E-state index is 0.500.